The average molecular weight is 290 g/mol. The van der Waals surface area contributed by atoms with E-state index in [9.17, 15) is 4.79 Å². The molecule has 0 atom stereocenters. The molecule has 21 heavy (non-hydrogen) atoms. The zero-order valence-electron chi connectivity index (χ0n) is 11.9. The highest BCUT2D eigenvalue weighted by molar-refractivity contribution is 5.70. The molecular formula is C16H18O5. The lowest BCUT2D eigenvalue weighted by atomic mass is 10.2. The summed E-state index contributed by atoms with van der Waals surface area (Å²) < 4.78 is 9.38. The molecular weight excluding hydrogens is 272 g/mol. The Balaban J connectivity index is 0.000000235. The second-order valence-corrected chi connectivity index (χ2v) is 4.20. The van der Waals surface area contributed by atoms with Crippen LogP contribution in [-0.2, 0) is 9.53 Å². The molecule has 112 valence electrons. The monoisotopic (exact) mass is 290 g/mol. The normalized spacial score (nSPS) is 9.24. The van der Waals surface area contributed by atoms with Crippen molar-refractivity contribution in [2.45, 2.75) is 6.92 Å². The minimum absolute atomic E-state index is 0.0994. The molecule has 0 aliphatic carbocycles. The Kier molecular flexibility index (Phi) is 6.60. The lowest BCUT2D eigenvalue weighted by Gasteiger charge is -2.03. The molecule has 0 heterocycles. The molecule has 0 fully saturated rings. The van der Waals surface area contributed by atoms with Gasteiger partial charge in [0.05, 0.1) is 7.11 Å². The van der Waals surface area contributed by atoms with E-state index >= 15 is 0 Å². The van der Waals surface area contributed by atoms with Gasteiger partial charge in [0, 0.05) is 6.07 Å². The molecule has 2 aromatic rings. The van der Waals surface area contributed by atoms with E-state index in [-0.39, 0.29) is 12.4 Å². The van der Waals surface area contributed by atoms with Crippen molar-refractivity contribution in [1.82, 2.24) is 0 Å². The Bertz CT molecular complexity index is 563. The first-order valence-electron chi connectivity index (χ1n) is 6.25. The van der Waals surface area contributed by atoms with Gasteiger partial charge in [0.25, 0.3) is 0 Å². The van der Waals surface area contributed by atoms with E-state index in [0.717, 1.165) is 5.56 Å². The molecule has 0 aromatic heterocycles. The van der Waals surface area contributed by atoms with Gasteiger partial charge in [0.1, 0.15) is 17.2 Å². The predicted octanol–water partition coefficient (Wildman–Crippen LogP) is 2.64. The molecule has 2 N–H and O–H groups in total. The molecule has 0 radical (unpaired) electrons. The van der Waals surface area contributed by atoms with E-state index in [4.69, 9.17) is 14.9 Å². The molecule has 0 aliphatic rings. The molecule has 0 spiro atoms. The van der Waals surface area contributed by atoms with Gasteiger partial charge in [0.15, 0.2) is 6.61 Å². The molecule has 0 bridgehead atoms. The highest BCUT2D eigenvalue weighted by Crippen LogP contribution is 2.17. The number of hydrogen-bond donors (Lipinski definition) is 2. The Labute approximate surface area is 123 Å². The van der Waals surface area contributed by atoms with Crippen LogP contribution in [0.3, 0.4) is 0 Å². The van der Waals surface area contributed by atoms with Crippen molar-refractivity contribution in [3.8, 4) is 17.2 Å². The van der Waals surface area contributed by atoms with Crippen LogP contribution < -0.4 is 4.74 Å². The second kappa shape index (κ2) is 8.47. The van der Waals surface area contributed by atoms with Crippen LogP contribution in [-0.4, -0.2) is 29.9 Å². The summed E-state index contributed by atoms with van der Waals surface area (Å²) in [5, 5.41) is 17.9. The molecule has 5 heteroatoms. The summed E-state index contributed by atoms with van der Waals surface area (Å²) >= 11 is 0. The highest BCUT2D eigenvalue weighted by Gasteiger charge is 2.01. The summed E-state index contributed by atoms with van der Waals surface area (Å²) in [6.45, 7) is 1.79. The number of rotatable bonds is 3. The van der Waals surface area contributed by atoms with Crippen LogP contribution in [0.2, 0.25) is 0 Å². The first kappa shape index (κ1) is 16.4. The number of esters is 1. The second-order valence-electron chi connectivity index (χ2n) is 4.20. The topological polar surface area (TPSA) is 76.0 Å². The number of phenols is 2. The molecule has 0 aliphatic heterocycles. The zero-order valence-corrected chi connectivity index (χ0v) is 11.9. The molecule has 0 unspecified atom stereocenters. The smallest absolute Gasteiger partial charge is 0.343 e. The Morgan fingerprint density at radius 2 is 1.67 bits per heavy atom. The Morgan fingerprint density at radius 1 is 1.05 bits per heavy atom. The average Bonchev–Trinajstić information content (AvgIpc) is 2.45. The molecule has 0 saturated heterocycles. The van der Waals surface area contributed by atoms with Gasteiger partial charge in [0.2, 0.25) is 0 Å². The summed E-state index contributed by atoms with van der Waals surface area (Å²) in [7, 11) is 1.29. The number of phenolic OH excluding ortho intramolecular Hbond substituents is 2. The molecule has 2 aromatic carbocycles. The lowest BCUT2D eigenvalue weighted by Crippen LogP contribution is -2.12. The van der Waals surface area contributed by atoms with E-state index in [1.807, 2.05) is 19.1 Å². The summed E-state index contributed by atoms with van der Waals surface area (Å²) in [5.41, 5.74) is 1.09. The minimum atomic E-state index is -0.455. The number of ether oxygens (including phenoxy) is 2. The van der Waals surface area contributed by atoms with Crippen molar-refractivity contribution in [1.29, 1.82) is 0 Å². The first-order chi connectivity index (χ1) is 10.0. The number of aryl methyl sites for hydroxylation is 1. The van der Waals surface area contributed by atoms with Gasteiger partial charge in [-0.05, 0) is 36.8 Å². The molecule has 2 rings (SSSR count). The van der Waals surface area contributed by atoms with Crippen LogP contribution in [0.4, 0.5) is 0 Å². The summed E-state index contributed by atoms with van der Waals surface area (Å²) in [6, 6.07) is 13.4. The number of hydrogen-bond acceptors (Lipinski definition) is 5. The maximum atomic E-state index is 10.7. The third-order valence-electron chi connectivity index (χ3n) is 2.40. The summed E-state index contributed by atoms with van der Waals surface area (Å²) in [4.78, 5) is 10.7. The first-order valence-corrected chi connectivity index (χ1v) is 6.25. The number of aromatic hydroxyl groups is 2. The standard InChI is InChI=1S/C9H10O4.C7H8O/c1-12-9(11)6-13-8-4-2-3-7(10)5-8;1-6-3-2-4-7(8)5-6/h2-5,10H,6H2,1H3;2-5,8H,1H3. The van der Waals surface area contributed by atoms with Gasteiger partial charge in [-0.1, -0.05) is 18.2 Å². The van der Waals surface area contributed by atoms with Gasteiger partial charge in [-0.25, -0.2) is 4.79 Å². The van der Waals surface area contributed by atoms with Crippen molar-refractivity contribution in [3.63, 3.8) is 0 Å². The number of carbonyl (C=O) groups is 1. The third kappa shape index (κ3) is 6.87. The highest BCUT2D eigenvalue weighted by atomic mass is 16.6. The number of carbonyl (C=O) groups excluding carboxylic acids is 1. The maximum Gasteiger partial charge on any atom is 0.343 e. The van der Waals surface area contributed by atoms with Crippen LogP contribution in [0.5, 0.6) is 17.2 Å². The van der Waals surface area contributed by atoms with Gasteiger partial charge < -0.3 is 19.7 Å². The van der Waals surface area contributed by atoms with Crippen LogP contribution in [0.25, 0.3) is 0 Å². The van der Waals surface area contributed by atoms with Crippen LogP contribution in [0, 0.1) is 6.92 Å². The van der Waals surface area contributed by atoms with Crippen LogP contribution >= 0.6 is 0 Å². The number of benzene rings is 2. The van der Waals surface area contributed by atoms with Gasteiger partial charge in [-0.2, -0.15) is 0 Å². The third-order valence-corrected chi connectivity index (χ3v) is 2.40. The molecule has 0 saturated carbocycles. The minimum Gasteiger partial charge on any atom is -0.508 e. The van der Waals surface area contributed by atoms with Crippen molar-refractivity contribution in [3.05, 3.63) is 54.1 Å². The fourth-order valence-corrected chi connectivity index (χ4v) is 1.40. The van der Waals surface area contributed by atoms with E-state index < -0.39 is 5.97 Å². The Morgan fingerprint density at radius 3 is 2.14 bits per heavy atom. The van der Waals surface area contributed by atoms with Crippen molar-refractivity contribution in [2.24, 2.45) is 0 Å². The molecule has 5 nitrogen and oxygen atoms in total. The maximum absolute atomic E-state index is 10.7. The van der Waals surface area contributed by atoms with Crippen molar-refractivity contribution >= 4 is 5.97 Å². The fourth-order valence-electron chi connectivity index (χ4n) is 1.40. The van der Waals surface area contributed by atoms with Gasteiger partial charge in [-0.15, -0.1) is 0 Å². The summed E-state index contributed by atoms with van der Waals surface area (Å²) in [5.74, 6) is 0.418. The fraction of sp³-hybridized carbons (Fsp3) is 0.188. The van der Waals surface area contributed by atoms with Crippen LogP contribution in [0.1, 0.15) is 5.56 Å². The largest absolute Gasteiger partial charge is 0.508 e. The van der Waals surface area contributed by atoms with Crippen molar-refractivity contribution < 1.29 is 24.5 Å². The predicted molar refractivity (Wildman–Crippen MR) is 78.5 cm³/mol. The van der Waals surface area contributed by atoms with E-state index in [1.165, 1.54) is 19.2 Å². The van der Waals surface area contributed by atoms with Crippen molar-refractivity contribution in [2.75, 3.05) is 13.7 Å². The molecule has 0 amide bonds. The van der Waals surface area contributed by atoms with E-state index in [2.05, 4.69) is 4.74 Å². The lowest BCUT2D eigenvalue weighted by molar-refractivity contribution is -0.142. The quantitative estimate of drug-likeness (QED) is 0.850. The van der Waals surface area contributed by atoms with Gasteiger partial charge >= 0.3 is 5.97 Å². The van der Waals surface area contributed by atoms with Crippen LogP contribution in [0.15, 0.2) is 48.5 Å². The number of methoxy groups -OCH3 is 1. The Hall–Kier alpha value is -2.69. The van der Waals surface area contributed by atoms with E-state index in [1.54, 1.807) is 24.3 Å². The zero-order chi connectivity index (χ0) is 15.7. The summed E-state index contributed by atoms with van der Waals surface area (Å²) in [6.07, 6.45) is 0. The SMILES string of the molecule is COC(=O)COc1cccc(O)c1.Cc1cccc(O)c1. The van der Waals surface area contributed by atoms with E-state index in [0.29, 0.717) is 11.5 Å². The van der Waals surface area contributed by atoms with Gasteiger partial charge in [-0.3, -0.25) is 0 Å².